The van der Waals surface area contributed by atoms with E-state index in [1.807, 2.05) is 18.2 Å². The summed E-state index contributed by atoms with van der Waals surface area (Å²) in [6, 6.07) is 18.1. The fraction of sp³-hybridized carbons (Fsp3) is 0.333. The molecule has 0 amide bonds. The zero-order chi connectivity index (χ0) is 14.4. The maximum Gasteiger partial charge on any atom is 0.115 e. The molecule has 1 unspecified atom stereocenters. The lowest BCUT2D eigenvalue weighted by Gasteiger charge is -2.20. The molecule has 0 heterocycles. The van der Waals surface area contributed by atoms with Gasteiger partial charge in [-0.2, -0.15) is 0 Å². The zero-order valence-corrected chi connectivity index (χ0v) is 12.2. The molecule has 2 aromatic rings. The Hall–Kier alpha value is -1.80. The molecule has 0 saturated carbocycles. The Morgan fingerprint density at radius 1 is 0.900 bits per heavy atom. The number of nitrogens with one attached hydrogen (secondary N) is 1. The monoisotopic (exact) mass is 269 g/mol. The van der Waals surface area contributed by atoms with Crippen LogP contribution in [0.25, 0.3) is 0 Å². The maximum absolute atomic E-state index is 9.44. The third-order valence-corrected chi connectivity index (χ3v) is 3.43. The number of benzene rings is 2. The summed E-state index contributed by atoms with van der Waals surface area (Å²) < 4.78 is 0. The maximum atomic E-state index is 9.44. The van der Waals surface area contributed by atoms with Gasteiger partial charge in [0.15, 0.2) is 0 Å². The van der Waals surface area contributed by atoms with Crippen molar-refractivity contribution in [3.8, 4) is 5.75 Å². The molecule has 0 bridgehead atoms. The highest BCUT2D eigenvalue weighted by atomic mass is 16.3. The zero-order valence-electron chi connectivity index (χ0n) is 12.2. The topological polar surface area (TPSA) is 32.3 Å². The minimum absolute atomic E-state index is 0.176. The Morgan fingerprint density at radius 2 is 1.50 bits per heavy atom. The fourth-order valence-electron chi connectivity index (χ4n) is 2.26. The van der Waals surface area contributed by atoms with E-state index in [0.717, 1.165) is 13.0 Å². The lowest BCUT2D eigenvalue weighted by atomic mass is 9.98. The van der Waals surface area contributed by atoms with Gasteiger partial charge in [-0.15, -0.1) is 0 Å². The lowest BCUT2D eigenvalue weighted by Crippen LogP contribution is -2.24. The molecule has 0 spiro atoms. The van der Waals surface area contributed by atoms with Crippen molar-refractivity contribution in [2.45, 2.75) is 26.3 Å². The lowest BCUT2D eigenvalue weighted by molar-refractivity contribution is 0.474. The second-order valence-electron chi connectivity index (χ2n) is 5.57. The average Bonchev–Trinajstić information content (AvgIpc) is 2.46. The predicted octanol–water partition coefficient (Wildman–Crippen LogP) is 4.12. The Balaban J connectivity index is 2.18. The molecular weight excluding hydrogens is 246 g/mol. The highest BCUT2D eigenvalue weighted by Gasteiger charge is 2.13. The molecular formula is C18H23NO. The van der Waals surface area contributed by atoms with Crippen LogP contribution >= 0.6 is 0 Å². The van der Waals surface area contributed by atoms with E-state index >= 15 is 0 Å². The molecule has 2 rings (SSSR count). The first-order valence-electron chi connectivity index (χ1n) is 7.24. The SMILES string of the molecule is CC(C)CCNC(c1ccccc1)c1ccc(O)cc1. The fourth-order valence-corrected chi connectivity index (χ4v) is 2.26. The number of aromatic hydroxyl groups is 1. The van der Waals surface area contributed by atoms with E-state index in [0.29, 0.717) is 11.7 Å². The van der Waals surface area contributed by atoms with Crippen LogP contribution in [-0.4, -0.2) is 11.7 Å². The van der Waals surface area contributed by atoms with Crippen molar-refractivity contribution in [2.24, 2.45) is 5.92 Å². The van der Waals surface area contributed by atoms with E-state index < -0.39 is 0 Å². The number of phenols is 1. The molecule has 106 valence electrons. The Morgan fingerprint density at radius 3 is 2.10 bits per heavy atom. The van der Waals surface area contributed by atoms with Gasteiger partial charge in [0.2, 0.25) is 0 Å². The van der Waals surface area contributed by atoms with Crippen LogP contribution in [0.1, 0.15) is 37.4 Å². The third kappa shape index (κ3) is 4.10. The van der Waals surface area contributed by atoms with Gasteiger partial charge in [-0.3, -0.25) is 0 Å². The number of hydrogen-bond acceptors (Lipinski definition) is 2. The summed E-state index contributed by atoms with van der Waals surface area (Å²) >= 11 is 0. The molecule has 0 fully saturated rings. The highest BCUT2D eigenvalue weighted by molar-refractivity contribution is 5.34. The quantitative estimate of drug-likeness (QED) is 0.827. The Labute approximate surface area is 121 Å². The Bertz CT molecular complexity index is 505. The van der Waals surface area contributed by atoms with Gasteiger partial charge in [0.05, 0.1) is 6.04 Å². The Kier molecular flexibility index (Phi) is 5.19. The minimum atomic E-state index is 0.176. The molecule has 0 aliphatic rings. The van der Waals surface area contributed by atoms with Gasteiger partial charge in [-0.1, -0.05) is 56.3 Å². The third-order valence-electron chi connectivity index (χ3n) is 3.43. The second kappa shape index (κ2) is 7.11. The van der Waals surface area contributed by atoms with Gasteiger partial charge in [0, 0.05) is 0 Å². The van der Waals surface area contributed by atoms with Crippen molar-refractivity contribution >= 4 is 0 Å². The second-order valence-corrected chi connectivity index (χ2v) is 5.57. The van der Waals surface area contributed by atoms with Crippen LogP contribution in [0.2, 0.25) is 0 Å². The highest BCUT2D eigenvalue weighted by Crippen LogP contribution is 2.23. The van der Waals surface area contributed by atoms with Crippen LogP contribution in [0, 0.1) is 5.92 Å². The van der Waals surface area contributed by atoms with Gasteiger partial charge in [0.25, 0.3) is 0 Å². The van der Waals surface area contributed by atoms with Gasteiger partial charge < -0.3 is 10.4 Å². The molecule has 2 nitrogen and oxygen atoms in total. The van der Waals surface area contributed by atoms with Crippen molar-refractivity contribution in [3.63, 3.8) is 0 Å². The molecule has 2 aromatic carbocycles. The molecule has 2 N–H and O–H groups in total. The number of hydrogen-bond donors (Lipinski definition) is 2. The normalized spacial score (nSPS) is 12.6. The van der Waals surface area contributed by atoms with Crippen LogP contribution in [-0.2, 0) is 0 Å². The predicted molar refractivity (Wildman–Crippen MR) is 83.8 cm³/mol. The van der Waals surface area contributed by atoms with E-state index in [2.05, 4.69) is 43.4 Å². The van der Waals surface area contributed by atoms with E-state index in [1.165, 1.54) is 11.1 Å². The minimum Gasteiger partial charge on any atom is -0.508 e. The van der Waals surface area contributed by atoms with Gasteiger partial charge in [0.1, 0.15) is 5.75 Å². The number of rotatable bonds is 6. The van der Waals surface area contributed by atoms with Crippen molar-refractivity contribution < 1.29 is 5.11 Å². The summed E-state index contributed by atoms with van der Waals surface area (Å²) in [5.41, 5.74) is 2.43. The first-order valence-corrected chi connectivity index (χ1v) is 7.24. The molecule has 0 aliphatic carbocycles. The standard InChI is InChI=1S/C18H23NO/c1-14(2)12-13-19-18(15-6-4-3-5-7-15)16-8-10-17(20)11-9-16/h3-11,14,18-20H,12-13H2,1-2H3. The van der Waals surface area contributed by atoms with Gasteiger partial charge >= 0.3 is 0 Å². The van der Waals surface area contributed by atoms with Crippen molar-refractivity contribution in [2.75, 3.05) is 6.54 Å². The molecule has 1 atom stereocenters. The summed E-state index contributed by atoms with van der Waals surface area (Å²) in [5.74, 6) is 1.00. The van der Waals surface area contributed by atoms with E-state index in [-0.39, 0.29) is 6.04 Å². The summed E-state index contributed by atoms with van der Waals surface area (Å²) in [5, 5.41) is 13.1. The van der Waals surface area contributed by atoms with E-state index in [1.54, 1.807) is 12.1 Å². The molecule has 2 heteroatoms. The molecule has 0 radical (unpaired) electrons. The summed E-state index contributed by atoms with van der Waals surface area (Å²) in [6.07, 6.45) is 1.15. The van der Waals surface area contributed by atoms with Gasteiger partial charge in [-0.05, 0) is 42.1 Å². The van der Waals surface area contributed by atoms with Crippen LogP contribution < -0.4 is 5.32 Å². The van der Waals surface area contributed by atoms with Crippen LogP contribution in [0.3, 0.4) is 0 Å². The average molecular weight is 269 g/mol. The van der Waals surface area contributed by atoms with Crippen LogP contribution in [0.4, 0.5) is 0 Å². The first-order chi connectivity index (χ1) is 9.66. The first kappa shape index (κ1) is 14.6. The molecule has 0 aromatic heterocycles. The smallest absolute Gasteiger partial charge is 0.115 e. The van der Waals surface area contributed by atoms with Crippen LogP contribution in [0.15, 0.2) is 54.6 Å². The van der Waals surface area contributed by atoms with E-state index in [4.69, 9.17) is 0 Å². The summed E-state index contributed by atoms with van der Waals surface area (Å²) in [7, 11) is 0. The van der Waals surface area contributed by atoms with Crippen molar-refractivity contribution in [1.82, 2.24) is 5.32 Å². The molecule has 0 aliphatic heterocycles. The van der Waals surface area contributed by atoms with Crippen molar-refractivity contribution in [1.29, 1.82) is 0 Å². The number of phenolic OH excluding ortho intramolecular Hbond substituents is 1. The summed E-state index contributed by atoms with van der Waals surface area (Å²) in [4.78, 5) is 0. The van der Waals surface area contributed by atoms with Crippen molar-refractivity contribution in [3.05, 3.63) is 65.7 Å². The van der Waals surface area contributed by atoms with E-state index in [9.17, 15) is 5.11 Å². The van der Waals surface area contributed by atoms with Gasteiger partial charge in [-0.25, -0.2) is 0 Å². The van der Waals surface area contributed by atoms with Crippen LogP contribution in [0.5, 0.6) is 5.75 Å². The largest absolute Gasteiger partial charge is 0.508 e. The molecule has 0 saturated heterocycles. The summed E-state index contributed by atoms with van der Waals surface area (Å²) in [6.45, 7) is 5.46. The molecule has 20 heavy (non-hydrogen) atoms.